The average Bonchev–Trinajstić information content (AvgIpc) is 2.16. The molecule has 0 nitrogen and oxygen atoms in total. The molecule has 0 atom stereocenters. The molecule has 0 rings (SSSR count). The van der Waals surface area contributed by atoms with Gasteiger partial charge in [-0.1, -0.05) is 6.08 Å². The molecule has 0 aliphatic heterocycles. The second kappa shape index (κ2) is 11.6. The molecule has 0 aliphatic carbocycles. The topological polar surface area (TPSA) is 0 Å². The van der Waals surface area contributed by atoms with Crippen LogP contribution in [0.3, 0.4) is 0 Å². The van der Waals surface area contributed by atoms with Crippen LogP contribution in [0.4, 0.5) is 0 Å². The summed E-state index contributed by atoms with van der Waals surface area (Å²) in [7, 11) is 0. The fraction of sp³-hybridized carbons (Fsp3) is 0.667. The normalized spacial score (nSPS) is 9.46. The standard InChI is InChI=1S/C12H20S/c1-3-5-7-9-11-13-12-10-8-6-4-2/h1,4H,2,5-12H2. The van der Waals surface area contributed by atoms with Crippen LogP contribution in [0, 0.1) is 12.3 Å². The summed E-state index contributed by atoms with van der Waals surface area (Å²) in [6.07, 6.45) is 14.3. The Balaban J connectivity index is 2.84. The molecule has 0 bridgehead atoms. The highest BCUT2D eigenvalue weighted by molar-refractivity contribution is 7.99. The van der Waals surface area contributed by atoms with Gasteiger partial charge in [-0.05, 0) is 43.6 Å². The summed E-state index contributed by atoms with van der Waals surface area (Å²) >= 11 is 2.05. The summed E-state index contributed by atoms with van der Waals surface area (Å²) < 4.78 is 0. The lowest BCUT2D eigenvalue weighted by molar-refractivity contribution is 0.816. The zero-order valence-electron chi connectivity index (χ0n) is 8.43. The van der Waals surface area contributed by atoms with Gasteiger partial charge in [0, 0.05) is 6.42 Å². The summed E-state index contributed by atoms with van der Waals surface area (Å²) in [5.74, 6) is 5.24. The van der Waals surface area contributed by atoms with Gasteiger partial charge in [0.2, 0.25) is 0 Å². The minimum absolute atomic E-state index is 0.941. The Kier molecular flexibility index (Phi) is 11.3. The van der Waals surface area contributed by atoms with Crippen molar-refractivity contribution in [3.8, 4) is 12.3 Å². The summed E-state index contributed by atoms with van der Waals surface area (Å²) in [6, 6.07) is 0. The zero-order chi connectivity index (χ0) is 9.78. The van der Waals surface area contributed by atoms with E-state index in [0.717, 1.165) is 12.8 Å². The van der Waals surface area contributed by atoms with Gasteiger partial charge in [-0.15, -0.1) is 18.9 Å². The summed E-state index contributed by atoms with van der Waals surface area (Å²) in [5.41, 5.74) is 0. The van der Waals surface area contributed by atoms with Crippen LogP contribution in [-0.4, -0.2) is 11.5 Å². The molecule has 0 unspecified atom stereocenters. The van der Waals surface area contributed by atoms with E-state index in [1.165, 1.54) is 37.2 Å². The van der Waals surface area contributed by atoms with E-state index in [2.05, 4.69) is 24.3 Å². The number of allylic oxidation sites excluding steroid dienone is 1. The Bertz CT molecular complexity index is 144. The van der Waals surface area contributed by atoms with Crippen molar-refractivity contribution in [3.63, 3.8) is 0 Å². The van der Waals surface area contributed by atoms with Crippen molar-refractivity contribution in [1.82, 2.24) is 0 Å². The molecule has 0 aromatic rings. The molecule has 0 aromatic heterocycles. The Morgan fingerprint density at radius 3 is 2.46 bits per heavy atom. The van der Waals surface area contributed by atoms with E-state index < -0.39 is 0 Å². The van der Waals surface area contributed by atoms with Gasteiger partial charge < -0.3 is 0 Å². The van der Waals surface area contributed by atoms with E-state index in [1.807, 2.05) is 6.08 Å². The molecule has 0 aromatic carbocycles. The van der Waals surface area contributed by atoms with Gasteiger partial charge in [0.1, 0.15) is 0 Å². The van der Waals surface area contributed by atoms with E-state index in [-0.39, 0.29) is 0 Å². The molecule has 0 fully saturated rings. The van der Waals surface area contributed by atoms with Gasteiger partial charge in [-0.3, -0.25) is 0 Å². The number of hydrogen-bond acceptors (Lipinski definition) is 1. The monoisotopic (exact) mass is 196 g/mol. The Hall–Kier alpha value is -0.350. The predicted octanol–water partition coefficient (Wildman–Crippen LogP) is 3.88. The van der Waals surface area contributed by atoms with Gasteiger partial charge in [0.05, 0.1) is 0 Å². The number of rotatable bonds is 9. The average molecular weight is 196 g/mol. The minimum atomic E-state index is 0.941. The molecule has 0 spiro atoms. The fourth-order valence-electron chi connectivity index (χ4n) is 1.03. The van der Waals surface area contributed by atoms with Crippen molar-refractivity contribution in [2.45, 2.75) is 38.5 Å². The highest BCUT2D eigenvalue weighted by Gasteiger charge is 1.90. The summed E-state index contributed by atoms with van der Waals surface area (Å²) in [6.45, 7) is 3.70. The second-order valence-electron chi connectivity index (χ2n) is 3.06. The van der Waals surface area contributed by atoms with Crippen molar-refractivity contribution in [1.29, 1.82) is 0 Å². The fourth-order valence-corrected chi connectivity index (χ4v) is 2.05. The SMILES string of the molecule is C#CCCCCSCCCCC=C. The highest BCUT2D eigenvalue weighted by atomic mass is 32.2. The lowest BCUT2D eigenvalue weighted by Crippen LogP contribution is -1.84. The predicted molar refractivity (Wildman–Crippen MR) is 64.1 cm³/mol. The quantitative estimate of drug-likeness (QED) is 0.306. The summed E-state index contributed by atoms with van der Waals surface area (Å²) in [5, 5.41) is 0. The molecule has 0 saturated heterocycles. The molecule has 0 N–H and O–H groups in total. The first kappa shape index (κ1) is 12.7. The van der Waals surface area contributed by atoms with Crippen LogP contribution in [0.5, 0.6) is 0 Å². The van der Waals surface area contributed by atoms with E-state index in [4.69, 9.17) is 6.42 Å². The van der Waals surface area contributed by atoms with Crippen LogP contribution in [0.2, 0.25) is 0 Å². The molecule has 74 valence electrons. The van der Waals surface area contributed by atoms with Gasteiger partial charge in [0.15, 0.2) is 0 Å². The third-order valence-electron chi connectivity index (χ3n) is 1.81. The van der Waals surface area contributed by atoms with E-state index >= 15 is 0 Å². The lowest BCUT2D eigenvalue weighted by atomic mass is 10.2. The summed E-state index contributed by atoms with van der Waals surface area (Å²) in [4.78, 5) is 0. The van der Waals surface area contributed by atoms with E-state index in [9.17, 15) is 0 Å². The maximum atomic E-state index is 5.16. The smallest absolute Gasteiger partial charge is 0.00863 e. The third kappa shape index (κ3) is 11.7. The first-order valence-corrected chi connectivity index (χ1v) is 6.19. The Morgan fingerprint density at radius 1 is 1.15 bits per heavy atom. The van der Waals surface area contributed by atoms with E-state index in [0.29, 0.717) is 0 Å². The van der Waals surface area contributed by atoms with Crippen LogP contribution in [0.1, 0.15) is 38.5 Å². The number of thioether (sulfide) groups is 1. The maximum absolute atomic E-state index is 5.16. The third-order valence-corrected chi connectivity index (χ3v) is 2.96. The van der Waals surface area contributed by atoms with Crippen LogP contribution in [-0.2, 0) is 0 Å². The van der Waals surface area contributed by atoms with E-state index in [1.54, 1.807) is 0 Å². The molecule has 0 amide bonds. The van der Waals surface area contributed by atoms with Gasteiger partial charge in [-0.25, -0.2) is 0 Å². The molecule has 0 aliphatic rings. The number of unbranched alkanes of at least 4 members (excludes halogenated alkanes) is 4. The molecule has 0 saturated carbocycles. The highest BCUT2D eigenvalue weighted by Crippen LogP contribution is 2.09. The number of hydrogen-bond donors (Lipinski definition) is 0. The van der Waals surface area contributed by atoms with Crippen LogP contribution in [0.15, 0.2) is 12.7 Å². The van der Waals surface area contributed by atoms with Crippen LogP contribution >= 0.6 is 11.8 Å². The van der Waals surface area contributed by atoms with Crippen LogP contribution in [0.25, 0.3) is 0 Å². The maximum Gasteiger partial charge on any atom is 0.00863 e. The molecule has 13 heavy (non-hydrogen) atoms. The van der Waals surface area contributed by atoms with Crippen molar-refractivity contribution in [3.05, 3.63) is 12.7 Å². The molecular formula is C12H20S. The van der Waals surface area contributed by atoms with Crippen molar-refractivity contribution in [2.24, 2.45) is 0 Å². The number of terminal acetylenes is 1. The lowest BCUT2D eigenvalue weighted by Gasteiger charge is -1.99. The van der Waals surface area contributed by atoms with Gasteiger partial charge in [-0.2, -0.15) is 11.8 Å². The molecule has 0 heterocycles. The van der Waals surface area contributed by atoms with Gasteiger partial charge >= 0.3 is 0 Å². The first-order chi connectivity index (χ1) is 6.41. The Morgan fingerprint density at radius 2 is 1.85 bits per heavy atom. The minimum Gasteiger partial charge on any atom is -0.162 e. The zero-order valence-corrected chi connectivity index (χ0v) is 9.24. The van der Waals surface area contributed by atoms with Crippen molar-refractivity contribution < 1.29 is 0 Å². The molecule has 0 radical (unpaired) electrons. The largest absolute Gasteiger partial charge is 0.162 e. The first-order valence-electron chi connectivity index (χ1n) is 5.04. The van der Waals surface area contributed by atoms with Crippen LogP contribution < -0.4 is 0 Å². The second-order valence-corrected chi connectivity index (χ2v) is 4.28. The molecule has 1 heteroatoms. The Labute approximate surface area is 87.2 Å². The van der Waals surface area contributed by atoms with Gasteiger partial charge in [0.25, 0.3) is 0 Å². The van der Waals surface area contributed by atoms with Crippen molar-refractivity contribution in [2.75, 3.05) is 11.5 Å². The van der Waals surface area contributed by atoms with Crippen molar-refractivity contribution >= 4 is 11.8 Å². The molecular weight excluding hydrogens is 176 g/mol.